The van der Waals surface area contributed by atoms with Crippen molar-refractivity contribution in [2.45, 2.75) is 193 Å². The molecule has 1 unspecified atom stereocenters. The number of rotatable bonds is 28. The number of aryl methyl sites for hydroxylation is 1. The molecule has 0 bridgehead atoms. The first kappa shape index (κ1) is 33.2. The monoisotopic (exact) mass is 504 g/mol. The summed E-state index contributed by atoms with van der Waals surface area (Å²) in [5.41, 5.74) is 0. The average Bonchev–Trinajstić information content (AvgIpc) is 3.32. The molecule has 0 N–H and O–H groups in total. The van der Waals surface area contributed by atoms with E-state index in [-0.39, 0.29) is 0 Å². The van der Waals surface area contributed by atoms with Crippen LogP contribution in [0.5, 0.6) is 0 Å². The fourth-order valence-electron chi connectivity index (χ4n) is 5.75. The highest BCUT2D eigenvalue weighted by atomic mass is 15.1. The van der Waals surface area contributed by atoms with Crippen molar-refractivity contribution in [3.8, 4) is 0 Å². The Morgan fingerprint density at radius 2 is 0.778 bits per heavy atom. The number of hydrogen-bond donors (Lipinski definition) is 0. The number of aromatic nitrogens is 2. The van der Waals surface area contributed by atoms with Gasteiger partial charge in [0.15, 0.2) is 0 Å². The van der Waals surface area contributed by atoms with E-state index in [2.05, 4.69) is 48.8 Å². The van der Waals surface area contributed by atoms with E-state index in [9.17, 15) is 0 Å². The highest BCUT2D eigenvalue weighted by molar-refractivity contribution is 4.75. The largest absolute Gasteiger partial charge is 0.243 e. The van der Waals surface area contributed by atoms with Gasteiger partial charge in [-0.2, -0.15) is 0 Å². The van der Waals surface area contributed by atoms with Crippen LogP contribution in [0.2, 0.25) is 0 Å². The zero-order valence-corrected chi connectivity index (χ0v) is 25.3. The molecule has 0 aliphatic heterocycles. The maximum atomic E-state index is 2.50. The van der Waals surface area contributed by atoms with Crippen LogP contribution in [0.15, 0.2) is 18.7 Å². The van der Waals surface area contributed by atoms with E-state index in [0.29, 0.717) is 6.04 Å². The molecule has 0 saturated carbocycles. The van der Waals surface area contributed by atoms with Crippen LogP contribution in [0.1, 0.15) is 193 Å². The van der Waals surface area contributed by atoms with E-state index in [1.165, 1.54) is 173 Å². The lowest BCUT2D eigenvalue weighted by Crippen LogP contribution is -2.24. The quantitative estimate of drug-likeness (QED) is 0.0794. The normalized spacial score (nSPS) is 12.4. The maximum Gasteiger partial charge on any atom is 0.243 e. The molecule has 1 aromatic heterocycles. The molecular formula is C34H67N2+. The number of imidazole rings is 1. The molecule has 0 saturated heterocycles. The summed E-state index contributed by atoms with van der Waals surface area (Å²) in [6, 6.07) is 0.710. The van der Waals surface area contributed by atoms with Gasteiger partial charge in [-0.05, 0) is 25.7 Å². The van der Waals surface area contributed by atoms with Crippen molar-refractivity contribution in [2.75, 3.05) is 0 Å². The minimum Gasteiger partial charge on any atom is -0.240 e. The predicted octanol–water partition coefficient (Wildman–Crippen LogP) is 11.4. The minimum absolute atomic E-state index is 0.710. The molecule has 2 nitrogen and oxygen atoms in total. The van der Waals surface area contributed by atoms with Gasteiger partial charge in [0.25, 0.3) is 0 Å². The van der Waals surface area contributed by atoms with E-state index < -0.39 is 0 Å². The van der Waals surface area contributed by atoms with Gasteiger partial charge in [-0.3, -0.25) is 0 Å². The Morgan fingerprint density at radius 3 is 1.06 bits per heavy atom. The van der Waals surface area contributed by atoms with E-state index in [4.69, 9.17) is 0 Å². The molecule has 0 fully saturated rings. The molecule has 0 amide bonds. The van der Waals surface area contributed by atoms with Crippen molar-refractivity contribution in [1.82, 2.24) is 4.57 Å². The summed E-state index contributed by atoms with van der Waals surface area (Å²) in [6.45, 7) is 4.61. The van der Waals surface area contributed by atoms with Crippen molar-refractivity contribution < 1.29 is 4.57 Å². The minimum atomic E-state index is 0.710. The Bertz CT molecular complexity index is 549. The van der Waals surface area contributed by atoms with E-state index in [1.807, 2.05) is 0 Å². The first-order valence-corrected chi connectivity index (χ1v) is 16.8. The molecule has 0 spiro atoms. The molecule has 1 heterocycles. The van der Waals surface area contributed by atoms with E-state index >= 15 is 0 Å². The second-order valence-electron chi connectivity index (χ2n) is 11.9. The molecule has 0 aromatic carbocycles. The predicted molar refractivity (Wildman–Crippen MR) is 161 cm³/mol. The summed E-state index contributed by atoms with van der Waals surface area (Å²) >= 11 is 0. The van der Waals surface area contributed by atoms with Crippen molar-refractivity contribution >= 4 is 0 Å². The van der Waals surface area contributed by atoms with Gasteiger partial charge in [-0.15, -0.1) is 0 Å². The fraction of sp³-hybridized carbons (Fsp3) is 0.912. The molecule has 0 aliphatic carbocycles. The molecule has 2 heteroatoms. The highest BCUT2D eigenvalue weighted by Gasteiger charge is 2.15. The van der Waals surface area contributed by atoms with Crippen LogP contribution in [0, 0.1) is 0 Å². The number of unbranched alkanes of at least 4 members (excludes halogenated alkanes) is 23. The molecule has 0 aliphatic rings. The topological polar surface area (TPSA) is 8.81 Å². The van der Waals surface area contributed by atoms with Crippen LogP contribution in [0.3, 0.4) is 0 Å². The van der Waals surface area contributed by atoms with Gasteiger partial charge in [-0.25, -0.2) is 9.13 Å². The van der Waals surface area contributed by atoms with Gasteiger partial charge in [0, 0.05) is 0 Å². The summed E-state index contributed by atoms with van der Waals surface area (Å²) in [4.78, 5) is 0. The van der Waals surface area contributed by atoms with Gasteiger partial charge in [0.1, 0.15) is 18.4 Å². The Kier molecular flexibility index (Phi) is 23.9. The first-order chi connectivity index (χ1) is 17.8. The van der Waals surface area contributed by atoms with Crippen LogP contribution in [-0.2, 0) is 7.05 Å². The second kappa shape index (κ2) is 25.8. The average molecular weight is 504 g/mol. The summed E-state index contributed by atoms with van der Waals surface area (Å²) in [7, 11) is 2.16. The third-order valence-electron chi connectivity index (χ3n) is 8.24. The molecule has 1 rings (SSSR count). The summed E-state index contributed by atoms with van der Waals surface area (Å²) in [5.74, 6) is 0. The van der Waals surface area contributed by atoms with Crippen LogP contribution in [0.4, 0.5) is 0 Å². The van der Waals surface area contributed by atoms with Crippen molar-refractivity contribution in [3.05, 3.63) is 18.7 Å². The first-order valence-electron chi connectivity index (χ1n) is 16.8. The molecule has 1 aromatic rings. The zero-order chi connectivity index (χ0) is 25.9. The molecule has 0 radical (unpaired) electrons. The fourth-order valence-corrected chi connectivity index (χ4v) is 5.75. The number of hydrogen-bond acceptors (Lipinski definition) is 0. The van der Waals surface area contributed by atoms with Gasteiger partial charge in [-0.1, -0.05) is 162 Å². The van der Waals surface area contributed by atoms with E-state index in [0.717, 1.165) is 0 Å². The van der Waals surface area contributed by atoms with Crippen LogP contribution < -0.4 is 4.57 Å². The third kappa shape index (κ3) is 20.3. The van der Waals surface area contributed by atoms with Gasteiger partial charge in [0.05, 0.1) is 7.05 Å². The SMILES string of the molecule is CCCCCCCCCCCCCCCCC(CCCCCCCCCCCCC)n1cc[n+](C)c1. The van der Waals surface area contributed by atoms with Crippen LogP contribution in [0.25, 0.3) is 0 Å². The highest BCUT2D eigenvalue weighted by Crippen LogP contribution is 2.23. The summed E-state index contributed by atoms with van der Waals surface area (Å²) in [6.07, 6.45) is 45.6. The molecule has 1 atom stereocenters. The van der Waals surface area contributed by atoms with Crippen molar-refractivity contribution in [1.29, 1.82) is 0 Å². The van der Waals surface area contributed by atoms with Crippen LogP contribution >= 0.6 is 0 Å². The Morgan fingerprint density at radius 1 is 0.472 bits per heavy atom. The Labute approximate surface area is 228 Å². The lowest BCUT2D eigenvalue weighted by molar-refractivity contribution is -0.671. The zero-order valence-electron chi connectivity index (χ0n) is 25.3. The Hall–Kier alpha value is -0.790. The Balaban J connectivity index is 2.02. The lowest BCUT2D eigenvalue weighted by Gasteiger charge is -2.14. The van der Waals surface area contributed by atoms with Crippen LogP contribution in [-0.4, -0.2) is 4.57 Å². The summed E-state index contributed by atoms with van der Waals surface area (Å²) < 4.78 is 4.71. The van der Waals surface area contributed by atoms with E-state index in [1.54, 1.807) is 0 Å². The molecule has 36 heavy (non-hydrogen) atoms. The van der Waals surface area contributed by atoms with Gasteiger partial charge < -0.3 is 0 Å². The smallest absolute Gasteiger partial charge is 0.240 e. The molecule has 212 valence electrons. The van der Waals surface area contributed by atoms with Gasteiger partial charge in [0.2, 0.25) is 6.33 Å². The second-order valence-corrected chi connectivity index (χ2v) is 11.9. The van der Waals surface area contributed by atoms with Gasteiger partial charge >= 0.3 is 0 Å². The standard InChI is InChI=1S/C34H67N2/c1-4-6-8-10-12-14-16-17-18-20-22-24-26-28-30-34(36-32-31-35(3)33-36)29-27-25-23-21-19-15-13-11-9-7-5-2/h31-34H,4-30H2,1-3H3/q+1. The number of nitrogens with zero attached hydrogens (tertiary/aromatic N) is 2. The van der Waals surface area contributed by atoms with Crippen molar-refractivity contribution in [3.63, 3.8) is 0 Å². The summed E-state index contributed by atoms with van der Waals surface area (Å²) in [5, 5.41) is 0. The molecular weight excluding hydrogens is 436 g/mol. The third-order valence-corrected chi connectivity index (χ3v) is 8.24. The van der Waals surface area contributed by atoms with Crippen molar-refractivity contribution in [2.24, 2.45) is 7.05 Å². The lowest BCUT2D eigenvalue weighted by atomic mass is 9.99. The maximum absolute atomic E-state index is 2.50.